The molecule has 3 aromatic carbocycles. The fourth-order valence-corrected chi connectivity index (χ4v) is 4.33. The highest BCUT2D eigenvalue weighted by molar-refractivity contribution is 6.06. The zero-order chi connectivity index (χ0) is 25.8. The van der Waals surface area contributed by atoms with Gasteiger partial charge in [-0.3, -0.25) is 4.79 Å². The van der Waals surface area contributed by atoms with Crippen molar-refractivity contribution in [3.8, 4) is 11.1 Å². The minimum Gasteiger partial charge on any atom is -0.462 e. The third-order valence-electron chi connectivity index (χ3n) is 6.20. The van der Waals surface area contributed by atoms with Crippen molar-refractivity contribution in [2.75, 3.05) is 43.1 Å². The Kier molecular flexibility index (Phi) is 8.45. The van der Waals surface area contributed by atoms with Gasteiger partial charge in [-0.2, -0.15) is 0 Å². The average Bonchev–Trinajstić information content (AvgIpc) is 2.93. The number of anilines is 2. The molecule has 4 aromatic rings. The van der Waals surface area contributed by atoms with E-state index >= 15 is 0 Å². The molecule has 38 heavy (non-hydrogen) atoms. The number of hydrogen-bond acceptors (Lipinski definition) is 7. The van der Waals surface area contributed by atoms with E-state index in [1.165, 1.54) is 0 Å². The second-order valence-electron chi connectivity index (χ2n) is 8.57. The molecule has 0 aliphatic carbocycles. The third kappa shape index (κ3) is 5.72. The first-order chi connectivity index (χ1) is 18.0. The fourth-order valence-electron chi connectivity index (χ4n) is 4.33. The molecule has 2 heterocycles. The van der Waals surface area contributed by atoms with Gasteiger partial charge in [-0.25, -0.2) is 9.59 Å². The summed E-state index contributed by atoms with van der Waals surface area (Å²) < 4.78 is 16.1. The number of carbonyl (C=O) groups is 2. The van der Waals surface area contributed by atoms with Crippen LogP contribution in [-0.4, -0.2) is 44.8 Å². The van der Waals surface area contributed by atoms with Gasteiger partial charge in [0, 0.05) is 29.7 Å². The minimum atomic E-state index is -0.446. The number of fused-ring (bicyclic) bond motifs is 1. The maximum absolute atomic E-state index is 13.0. The fraction of sp³-hybridized carbons (Fsp3) is 0.207. The number of morpholine rings is 1. The lowest BCUT2D eigenvalue weighted by Gasteiger charge is -2.30. The number of esters is 1. The zero-order valence-corrected chi connectivity index (χ0v) is 21.6. The number of rotatable bonds is 6. The summed E-state index contributed by atoms with van der Waals surface area (Å²) in [5.74, 6) is -0.787. The van der Waals surface area contributed by atoms with Crippen LogP contribution in [0, 0.1) is 0 Å². The summed E-state index contributed by atoms with van der Waals surface area (Å²) in [7, 11) is 0. The summed E-state index contributed by atoms with van der Waals surface area (Å²) in [5.41, 5.74) is 3.17. The first-order valence-electron chi connectivity index (χ1n) is 12.1. The highest BCUT2D eigenvalue weighted by atomic mass is 35.5. The van der Waals surface area contributed by atoms with Crippen molar-refractivity contribution in [2.45, 2.75) is 6.92 Å². The maximum Gasteiger partial charge on any atom is 0.344 e. The van der Waals surface area contributed by atoms with E-state index in [4.69, 9.17) is 13.9 Å². The van der Waals surface area contributed by atoms with Gasteiger partial charge < -0.3 is 24.1 Å². The molecule has 0 saturated carbocycles. The largest absolute Gasteiger partial charge is 0.462 e. The summed E-state index contributed by atoms with van der Waals surface area (Å²) in [5, 5.41) is 3.67. The van der Waals surface area contributed by atoms with Crippen LogP contribution in [0.25, 0.3) is 22.1 Å². The molecule has 9 heteroatoms. The van der Waals surface area contributed by atoms with Gasteiger partial charge in [0.25, 0.3) is 5.91 Å². The predicted octanol–water partition coefficient (Wildman–Crippen LogP) is 5.15. The topological polar surface area (TPSA) is 98.1 Å². The highest BCUT2D eigenvalue weighted by Crippen LogP contribution is 2.27. The summed E-state index contributed by atoms with van der Waals surface area (Å²) in [4.78, 5) is 40.2. The Morgan fingerprint density at radius 1 is 0.974 bits per heavy atom. The standard InChI is InChI=1S/C29H26N2O6.ClH/c1-2-36-28(33)24-18-22(11-12-25(24)31-13-15-35-16-14-31)30-27(32)20-9-7-19(8-10-20)23-17-21-5-3-4-6-26(21)37-29(23)34;/h3-12,17-18H,2,13-16H2,1H3,(H,30,32);1H. The lowest BCUT2D eigenvalue weighted by atomic mass is 10.0. The van der Waals surface area contributed by atoms with Crippen LogP contribution in [-0.2, 0) is 9.47 Å². The number of nitrogens with zero attached hydrogens (tertiary/aromatic N) is 1. The van der Waals surface area contributed by atoms with Crippen LogP contribution in [0.4, 0.5) is 11.4 Å². The van der Waals surface area contributed by atoms with E-state index in [1.807, 2.05) is 24.3 Å². The minimum absolute atomic E-state index is 0. The number of ether oxygens (including phenoxy) is 2. The van der Waals surface area contributed by atoms with Crippen LogP contribution >= 0.6 is 12.4 Å². The van der Waals surface area contributed by atoms with E-state index < -0.39 is 11.6 Å². The van der Waals surface area contributed by atoms with Gasteiger partial charge in [-0.1, -0.05) is 30.3 Å². The van der Waals surface area contributed by atoms with E-state index in [-0.39, 0.29) is 24.9 Å². The van der Waals surface area contributed by atoms with E-state index in [0.717, 1.165) is 11.1 Å². The van der Waals surface area contributed by atoms with E-state index in [9.17, 15) is 14.4 Å². The van der Waals surface area contributed by atoms with Gasteiger partial charge in [-0.05, 0) is 55.0 Å². The molecule has 1 aromatic heterocycles. The van der Waals surface area contributed by atoms with Crippen molar-refractivity contribution >= 4 is 46.6 Å². The molecule has 1 fully saturated rings. The SMILES string of the molecule is CCOC(=O)c1cc(NC(=O)c2ccc(-c3cc4ccccc4oc3=O)cc2)ccc1N1CCOCC1.Cl. The number of halogens is 1. The Bertz CT molecular complexity index is 1510. The van der Waals surface area contributed by atoms with Crippen LogP contribution in [0.1, 0.15) is 27.6 Å². The quantitative estimate of drug-likeness (QED) is 0.270. The zero-order valence-electron chi connectivity index (χ0n) is 20.8. The number of nitrogens with one attached hydrogen (secondary N) is 1. The molecule has 1 aliphatic heterocycles. The van der Waals surface area contributed by atoms with Gasteiger partial charge in [0.05, 0.1) is 36.6 Å². The highest BCUT2D eigenvalue weighted by Gasteiger charge is 2.21. The molecule has 1 saturated heterocycles. The molecular weight excluding hydrogens is 508 g/mol. The van der Waals surface area contributed by atoms with Crippen molar-refractivity contribution < 1.29 is 23.5 Å². The monoisotopic (exact) mass is 534 g/mol. The average molecular weight is 535 g/mol. The van der Waals surface area contributed by atoms with Crippen molar-refractivity contribution in [3.05, 3.63) is 94.3 Å². The van der Waals surface area contributed by atoms with E-state index in [2.05, 4.69) is 10.2 Å². The summed E-state index contributed by atoms with van der Waals surface area (Å²) in [6, 6.07) is 21.0. The van der Waals surface area contributed by atoms with Crippen LogP contribution in [0.15, 0.2) is 82.0 Å². The van der Waals surface area contributed by atoms with Crippen LogP contribution < -0.4 is 15.8 Å². The molecule has 1 N–H and O–H groups in total. The lowest BCUT2D eigenvalue weighted by Crippen LogP contribution is -2.37. The molecule has 0 radical (unpaired) electrons. The van der Waals surface area contributed by atoms with Crippen molar-refractivity contribution in [1.82, 2.24) is 0 Å². The van der Waals surface area contributed by atoms with Crippen LogP contribution in [0.3, 0.4) is 0 Å². The van der Waals surface area contributed by atoms with E-state index in [1.54, 1.807) is 55.5 Å². The van der Waals surface area contributed by atoms with Crippen LogP contribution in [0.5, 0.6) is 0 Å². The molecule has 0 bridgehead atoms. The van der Waals surface area contributed by atoms with Gasteiger partial charge in [0.15, 0.2) is 0 Å². The molecule has 0 unspecified atom stereocenters. The summed E-state index contributed by atoms with van der Waals surface area (Å²) in [6.07, 6.45) is 0. The molecule has 5 rings (SSSR count). The van der Waals surface area contributed by atoms with Crippen molar-refractivity contribution in [2.24, 2.45) is 0 Å². The second-order valence-corrected chi connectivity index (χ2v) is 8.57. The van der Waals surface area contributed by atoms with Gasteiger partial charge >= 0.3 is 11.6 Å². The molecule has 0 spiro atoms. The Labute approximate surface area is 225 Å². The Hall–Kier alpha value is -4.14. The maximum atomic E-state index is 13.0. The number of benzene rings is 3. The normalized spacial score (nSPS) is 13.0. The number of para-hydroxylation sites is 1. The smallest absolute Gasteiger partial charge is 0.344 e. The lowest BCUT2D eigenvalue weighted by molar-refractivity contribution is 0.0526. The summed E-state index contributed by atoms with van der Waals surface area (Å²) in [6.45, 7) is 4.50. The number of hydrogen-bond donors (Lipinski definition) is 1. The first kappa shape index (κ1) is 26.9. The van der Waals surface area contributed by atoms with Gasteiger partial charge in [0.2, 0.25) is 0 Å². The molecule has 1 aliphatic rings. The van der Waals surface area contributed by atoms with Crippen LogP contribution in [0.2, 0.25) is 0 Å². The Morgan fingerprint density at radius 2 is 1.71 bits per heavy atom. The third-order valence-corrected chi connectivity index (χ3v) is 6.20. The van der Waals surface area contributed by atoms with Gasteiger partial charge in [0.1, 0.15) is 5.58 Å². The first-order valence-corrected chi connectivity index (χ1v) is 12.1. The predicted molar refractivity (Wildman–Crippen MR) is 149 cm³/mol. The van der Waals surface area contributed by atoms with Crippen molar-refractivity contribution in [1.29, 1.82) is 0 Å². The number of carbonyl (C=O) groups excluding carboxylic acids is 2. The second kappa shape index (κ2) is 11.9. The Balaban J connectivity index is 0.00000336. The molecule has 0 atom stereocenters. The molecule has 196 valence electrons. The van der Waals surface area contributed by atoms with Gasteiger partial charge in [-0.15, -0.1) is 12.4 Å². The summed E-state index contributed by atoms with van der Waals surface area (Å²) >= 11 is 0. The molecule has 1 amide bonds. The number of amides is 1. The molecule has 8 nitrogen and oxygen atoms in total. The van der Waals surface area contributed by atoms with Crippen molar-refractivity contribution in [3.63, 3.8) is 0 Å². The Morgan fingerprint density at radius 3 is 2.45 bits per heavy atom. The van der Waals surface area contributed by atoms with E-state index in [0.29, 0.717) is 59.8 Å². The molecular formula is C29H27ClN2O6.